The van der Waals surface area contributed by atoms with Gasteiger partial charge in [-0.1, -0.05) is 24.3 Å². The van der Waals surface area contributed by atoms with Gasteiger partial charge in [-0.3, -0.25) is 20.0 Å². The fraction of sp³-hybridized carbons (Fsp3) is 0.105. The number of aromatic amines is 1. The Balaban J connectivity index is 1.93. The molecule has 2 aromatic carbocycles. The first kappa shape index (κ1) is 19.2. The van der Waals surface area contributed by atoms with E-state index in [1.807, 2.05) is 0 Å². The van der Waals surface area contributed by atoms with E-state index >= 15 is 0 Å². The van der Waals surface area contributed by atoms with Crippen molar-refractivity contribution in [3.63, 3.8) is 0 Å². The molecule has 1 aromatic heterocycles. The largest absolute Gasteiger partial charge is 0.493 e. The monoisotopic (exact) mass is 398 g/mol. The lowest BCUT2D eigenvalue weighted by Crippen LogP contribution is -2.35. The van der Waals surface area contributed by atoms with Crippen molar-refractivity contribution < 1.29 is 14.3 Å². The van der Waals surface area contributed by atoms with Gasteiger partial charge < -0.3 is 15.2 Å². The van der Waals surface area contributed by atoms with Gasteiger partial charge in [-0.05, 0) is 42.0 Å². The number of rotatable bonds is 4. The van der Waals surface area contributed by atoms with Gasteiger partial charge in [0, 0.05) is 5.56 Å². The lowest BCUT2D eigenvalue weighted by Gasteiger charge is -2.10. The van der Waals surface area contributed by atoms with Crippen LogP contribution in [0.25, 0.3) is 11.1 Å². The number of anilines is 1. The Bertz CT molecular complexity index is 1090. The average molecular weight is 398 g/mol. The Kier molecular flexibility index (Phi) is 5.46. The third-order valence-corrected chi connectivity index (χ3v) is 4.35. The molecule has 0 radical (unpaired) electrons. The molecule has 8 nitrogen and oxygen atoms in total. The number of ether oxygens (including phenoxy) is 2. The van der Waals surface area contributed by atoms with Crippen molar-refractivity contribution in [3.05, 3.63) is 64.4 Å². The summed E-state index contributed by atoms with van der Waals surface area (Å²) < 4.78 is 11.6. The minimum absolute atomic E-state index is 0.0461. The Hall–Kier alpha value is -3.59. The van der Waals surface area contributed by atoms with Crippen molar-refractivity contribution in [2.45, 2.75) is 0 Å². The number of hydrogen-bond donors (Lipinski definition) is 3. The number of thiocarbonyl (C=S) groups is 1. The van der Waals surface area contributed by atoms with Crippen LogP contribution >= 0.6 is 12.2 Å². The number of nitrogen functional groups attached to an aromatic ring is 1. The third kappa shape index (κ3) is 3.60. The Morgan fingerprint density at radius 2 is 1.79 bits per heavy atom. The van der Waals surface area contributed by atoms with Crippen LogP contribution in [0.15, 0.2) is 53.3 Å². The normalized spacial score (nSPS) is 10.4. The summed E-state index contributed by atoms with van der Waals surface area (Å²) in [4.78, 5) is 24.8. The molecule has 0 spiro atoms. The summed E-state index contributed by atoms with van der Waals surface area (Å²) in [5.41, 5.74) is 6.83. The van der Waals surface area contributed by atoms with E-state index in [2.05, 4.69) is 10.4 Å². The van der Waals surface area contributed by atoms with Crippen LogP contribution in [-0.2, 0) is 0 Å². The minimum atomic E-state index is -0.457. The molecule has 0 bridgehead atoms. The van der Waals surface area contributed by atoms with E-state index < -0.39 is 11.5 Å². The summed E-state index contributed by atoms with van der Waals surface area (Å²) in [6.07, 6.45) is 0. The third-order valence-electron chi connectivity index (χ3n) is 4.07. The number of nitrogens with two attached hydrogens (primary N) is 1. The Morgan fingerprint density at radius 3 is 2.43 bits per heavy atom. The molecule has 0 fully saturated rings. The molecule has 9 heteroatoms. The van der Waals surface area contributed by atoms with Crippen molar-refractivity contribution in [2.75, 3.05) is 20.0 Å². The molecule has 3 aromatic rings. The van der Waals surface area contributed by atoms with Crippen molar-refractivity contribution in [2.24, 2.45) is 0 Å². The lowest BCUT2D eigenvalue weighted by atomic mass is 10.1. The second-order valence-electron chi connectivity index (χ2n) is 5.73. The van der Waals surface area contributed by atoms with Crippen LogP contribution in [0, 0.1) is 0 Å². The number of H-pyrrole nitrogens is 1. The molecule has 1 heterocycles. The molecule has 28 heavy (non-hydrogen) atoms. The van der Waals surface area contributed by atoms with Crippen molar-refractivity contribution in [1.82, 2.24) is 15.1 Å². The Morgan fingerprint density at radius 1 is 1.11 bits per heavy atom. The molecule has 3 rings (SSSR count). The first-order valence-electron chi connectivity index (χ1n) is 8.20. The number of nitrogens with zero attached hydrogens (tertiary/aromatic N) is 1. The van der Waals surface area contributed by atoms with E-state index in [0.717, 1.165) is 4.68 Å². The number of amides is 1. The predicted molar refractivity (Wildman–Crippen MR) is 110 cm³/mol. The molecular formula is C19H18N4O4S. The zero-order valence-electron chi connectivity index (χ0n) is 15.2. The first-order chi connectivity index (χ1) is 13.5. The summed E-state index contributed by atoms with van der Waals surface area (Å²) in [5, 5.41) is 5.04. The van der Waals surface area contributed by atoms with E-state index in [0.29, 0.717) is 22.6 Å². The molecule has 0 atom stereocenters. The topological polar surface area (TPSA) is 111 Å². The minimum Gasteiger partial charge on any atom is -0.493 e. The highest BCUT2D eigenvalue weighted by Crippen LogP contribution is 2.32. The van der Waals surface area contributed by atoms with Gasteiger partial charge in [0.1, 0.15) is 5.82 Å². The summed E-state index contributed by atoms with van der Waals surface area (Å²) in [6.45, 7) is 0. The first-order valence-corrected chi connectivity index (χ1v) is 8.60. The number of carbonyl (C=O) groups excluding carboxylic acids is 1. The number of hydrogen-bond acceptors (Lipinski definition) is 6. The summed E-state index contributed by atoms with van der Waals surface area (Å²) in [7, 11) is 3.01. The van der Waals surface area contributed by atoms with Crippen molar-refractivity contribution in [1.29, 1.82) is 0 Å². The molecule has 0 aliphatic heterocycles. The number of carbonyl (C=O) groups is 1. The highest BCUT2D eigenvalue weighted by molar-refractivity contribution is 7.80. The smallest absolute Gasteiger partial charge is 0.274 e. The molecule has 0 saturated carbocycles. The van der Waals surface area contributed by atoms with Gasteiger partial charge in [0.15, 0.2) is 11.5 Å². The second kappa shape index (κ2) is 7.97. The standard InChI is InChI=1S/C19H18N4O4S/c1-26-13-9-8-12(10-14(13)27-2)15-16(20)23(22-18(15)25)19(28)21-17(24)11-6-4-3-5-7-11/h3-10H,20H2,1-2H3,(H,22,25)(H,21,24,28). The van der Waals surface area contributed by atoms with Crippen LogP contribution in [0.1, 0.15) is 10.4 Å². The summed E-state index contributed by atoms with van der Waals surface area (Å²) >= 11 is 5.23. The second-order valence-corrected chi connectivity index (χ2v) is 6.12. The average Bonchev–Trinajstić information content (AvgIpc) is 3.02. The van der Waals surface area contributed by atoms with Gasteiger partial charge in [-0.25, -0.2) is 4.68 Å². The quantitative estimate of drug-likeness (QED) is 0.580. The van der Waals surface area contributed by atoms with Crippen LogP contribution in [0.3, 0.4) is 0 Å². The van der Waals surface area contributed by atoms with Crippen LogP contribution < -0.4 is 26.1 Å². The lowest BCUT2D eigenvalue weighted by molar-refractivity contribution is 0.0976. The van der Waals surface area contributed by atoms with Gasteiger partial charge in [0.25, 0.3) is 11.5 Å². The predicted octanol–water partition coefficient (Wildman–Crippen LogP) is 2.01. The van der Waals surface area contributed by atoms with Gasteiger partial charge in [-0.15, -0.1) is 0 Å². The number of benzene rings is 2. The van der Waals surface area contributed by atoms with E-state index in [9.17, 15) is 9.59 Å². The molecule has 1 amide bonds. The van der Waals surface area contributed by atoms with E-state index in [4.69, 9.17) is 27.4 Å². The maximum atomic E-state index is 12.5. The molecule has 4 N–H and O–H groups in total. The molecule has 144 valence electrons. The van der Waals surface area contributed by atoms with E-state index in [1.54, 1.807) is 48.5 Å². The number of nitrogens with one attached hydrogen (secondary N) is 2. The summed E-state index contributed by atoms with van der Waals surface area (Å²) in [6, 6.07) is 13.5. The fourth-order valence-electron chi connectivity index (χ4n) is 2.69. The summed E-state index contributed by atoms with van der Waals surface area (Å²) in [5.74, 6) is 0.626. The molecule has 0 aliphatic rings. The van der Waals surface area contributed by atoms with Crippen LogP contribution in [0.4, 0.5) is 5.82 Å². The highest BCUT2D eigenvalue weighted by Gasteiger charge is 2.19. The van der Waals surface area contributed by atoms with Crippen molar-refractivity contribution >= 4 is 29.1 Å². The van der Waals surface area contributed by atoms with Crippen molar-refractivity contribution in [3.8, 4) is 22.6 Å². The van der Waals surface area contributed by atoms with Gasteiger partial charge in [0.2, 0.25) is 5.11 Å². The van der Waals surface area contributed by atoms with E-state index in [-0.39, 0.29) is 16.5 Å². The zero-order valence-corrected chi connectivity index (χ0v) is 16.0. The maximum Gasteiger partial charge on any atom is 0.274 e. The van der Waals surface area contributed by atoms with Gasteiger partial charge in [-0.2, -0.15) is 0 Å². The zero-order chi connectivity index (χ0) is 20.3. The van der Waals surface area contributed by atoms with Crippen LogP contribution in [-0.4, -0.2) is 35.0 Å². The number of methoxy groups -OCH3 is 2. The van der Waals surface area contributed by atoms with Crippen LogP contribution in [0.2, 0.25) is 0 Å². The van der Waals surface area contributed by atoms with Crippen LogP contribution in [0.5, 0.6) is 11.5 Å². The Labute approximate surface area is 165 Å². The molecule has 0 aliphatic carbocycles. The maximum absolute atomic E-state index is 12.5. The highest BCUT2D eigenvalue weighted by atomic mass is 32.1. The molecular weight excluding hydrogens is 380 g/mol. The van der Waals surface area contributed by atoms with Gasteiger partial charge in [0.05, 0.1) is 19.8 Å². The molecule has 0 saturated heterocycles. The number of aromatic nitrogens is 2. The van der Waals surface area contributed by atoms with Gasteiger partial charge >= 0.3 is 0 Å². The van der Waals surface area contributed by atoms with E-state index in [1.165, 1.54) is 14.2 Å². The SMILES string of the molecule is COc1ccc(-c2c(N)n(C(=S)NC(=O)c3ccccc3)[nH]c2=O)cc1OC. The fourth-order valence-corrected chi connectivity index (χ4v) is 2.93. The molecule has 0 unspecified atom stereocenters.